The van der Waals surface area contributed by atoms with Crippen LogP contribution in [-0.2, 0) is 4.43 Å². The quantitative estimate of drug-likeness (QED) is 0.643. The molecule has 0 aliphatic rings. The molecule has 1 rings (SSSR count). The van der Waals surface area contributed by atoms with Gasteiger partial charge in [-0.1, -0.05) is 63.3 Å². The smallest absolute Gasteiger partial charge is 0.192 e. The molecule has 0 bridgehead atoms. The predicted molar refractivity (Wildman–Crippen MR) is 83.7 cm³/mol. The van der Waals surface area contributed by atoms with E-state index < -0.39 is 14.4 Å². The van der Waals surface area contributed by atoms with Crippen molar-refractivity contribution in [2.24, 2.45) is 0 Å². The maximum absolute atomic E-state index is 9.98. The zero-order valence-corrected chi connectivity index (χ0v) is 13.7. The summed E-state index contributed by atoms with van der Waals surface area (Å²) in [6.07, 6.45) is 3.16. The lowest BCUT2D eigenvalue weighted by molar-refractivity contribution is 0.227. The van der Waals surface area contributed by atoms with Gasteiger partial charge in [0, 0.05) is 0 Å². The number of rotatable bonds is 5. The second-order valence-electron chi connectivity index (χ2n) is 6.35. The van der Waals surface area contributed by atoms with E-state index in [1.165, 1.54) is 0 Å². The van der Waals surface area contributed by atoms with Crippen LogP contribution in [0.25, 0.3) is 0 Å². The van der Waals surface area contributed by atoms with Crippen molar-refractivity contribution in [3.8, 4) is 0 Å². The minimum Gasteiger partial charge on any atom is -0.413 e. The van der Waals surface area contributed by atoms with Crippen molar-refractivity contribution in [2.45, 2.75) is 45.0 Å². The van der Waals surface area contributed by atoms with Crippen LogP contribution < -0.4 is 0 Å². The summed E-state index contributed by atoms with van der Waals surface area (Å²) in [5.74, 6) is 0. The van der Waals surface area contributed by atoms with Gasteiger partial charge in [0.25, 0.3) is 0 Å². The summed E-state index contributed by atoms with van der Waals surface area (Å²) >= 11 is 0. The van der Waals surface area contributed by atoms with Gasteiger partial charge in [0.2, 0.25) is 0 Å². The Kier molecular flexibility index (Phi) is 5.53. The molecule has 106 valence electrons. The highest BCUT2D eigenvalue weighted by Crippen LogP contribution is 2.36. The molecule has 1 N–H and O–H groups in total. The fourth-order valence-corrected chi connectivity index (χ4v) is 2.36. The van der Waals surface area contributed by atoms with Gasteiger partial charge in [-0.3, -0.25) is 0 Å². The van der Waals surface area contributed by atoms with E-state index in [4.69, 9.17) is 4.43 Å². The van der Waals surface area contributed by atoms with Crippen LogP contribution in [0, 0.1) is 0 Å². The highest BCUT2D eigenvalue weighted by Gasteiger charge is 2.36. The Balaban J connectivity index is 2.48. The van der Waals surface area contributed by atoms with Crippen LogP contribution in [0.3, 0.4) is 0 Å². The molecule has 1 atom stereocenters. The van der Waals surface area contributed by atoms with E-state index in [0.29, 0.717) is 6.61 Å². The van der Waals surface area contributed by atoms with Crippen LogP contribution in [0.4, 0.5) is 0 Å². The first-order valence-electron chi connectivity index (χ1n) is 6.78. The molecule has 0 aliphatic heterocycles. The van der Waals surface area contributed by atoms with Gasteiger partial charge in [0.05, 0.1) is 12.7 Å². The molecule has 0 saturated heterocycles. The van der Waals surface area contributed by atoms with Gasteiger partial charge in [-0.2, -0.15) is 0 Å². The normalized spacial score (nSPS) is 14.8. The highest BCUT2D eigenvalue weighted by molar-refractivity contribution is 6.74. The Bertz CT molecular complexity index is 405. The van der Waals surface area contributed by atoms with Crippen LogP contribution in [0.1, 0.15) is 32.4 Å². The molecule has 0 saturated carbocycles. The standard InChI is InChI=1S/C16H26O2Si/c1-16(2,3)19(4,5)18-13-9-12-15(17)14-10-7-6-8-11-14/h6-12,15,17H,13H2,1-5H3/b12-9-. The predicted octanol–water partition coefficient (Wildman–Crippen LogP) is 4.30. The molecule has 19 heavy (non-hydrogen) atoms. The van der Waals surface area contributed by atoms with Crippen molar-refractivity contribution in [3.05, 3.63) is 48.0 Å². The third kappa shape index (κ3) is 4.94. The number of hydrogen-bond donors (Lipinski definition) is 1. The molecule has 0 radical (unpaired) electrons. The minimum atomic E-state index is -1.69. The summed E-state index contributed by atoms with van der Waals surface area (Å²) in [4.78, 5) is 0. The van der Waals surface area contributed by atoms with E-state index in [-0.39, 0.29) is 5.04 Å². The monoisotopic (exact) mass is 278 g/mol. The molecule has 0 fully saturated rings. The third-order valence-corrected chi connectivity index (χ3v) is 8.31. The van der Waals surface area contributed by atoms with Crippen LogP contribution in [0.5, 0.6) is 0 Å². The fourth-order valence-electron chi connectivity index (χ4n) is 1.42. The van der Waals surface area contributed by atoms with Gasteiger partial charge in [0.1, 0.15) is 0 Å². The first-order chi connectivity index (χ1) is 8.74. The molecule has 2 nitrogen and oxygen atoms in total. The van der Waals surface area contributed by atoms with Gasteiger partial charge >= 0.3 is 0 Å². The Labute approximate surface area is 118 Å². The van der Waals surface area contributed by atoms with E-state index in [1.54, 1.807) is 6.08 Å². The van der Waals surface area contributed by atoms with Crippen LogP contribution in [-0.4, -0.2) is 20.0 Å². The molecule has 1 aromatic carbocycles. The summed E-state index contributed by atoms with van der Waals surface area (Å²) in [6.45, 7) is 11.7. The van der Waals surface area contributed by atoms with E-state index in [1.807, 2.05) is 36.4 Å². The Morgan fingerprint density at radius 3 is 2.32 bits per heavy atom. The SMILES string of the molecule is CC(C)(C)[Si](C)(C)OC/C=C\C(O)c1ccccc1. The van der Waals surface area contributed by atoms with E-state index in [2.05, 4.69) is 33.9 Å². The molecule has 0 heterocycles. The lowest BCUT2D eigenvalue weighted by Crippen LogP contribution is -2.40. The summed E-state index contributed by atoms with van der Waals surface area (Å²) in [6, 6.07) is 9.64. The average molecular weight is 278 g/mol. The summed E-state index contributed by atoms with van der Waals surface area (Å²) in [7, 11) is -1.69. The first-order valence-corrected chi connectivity index (χ1v) is 9.68. The van der Waals surface area contributed by atoms with Gasteiger partial charge in [0.15, 0.2) is 8.32 Å². The molecular formula is C16H26O2Si. The molecule has 1 aromatic rings. The zero-order chi connectivity index (χ0) is 14.5. The molecule has 0 aromatic heterocycles. The van der Waals surface area contributed by atoms with Crippen molar-refractivity contribution < 1.29 is 9.53 Å². The molecular weight excluding hydrogens is 252 g/mol. The second kappa shape index (κ2) is 6.50. The van der Waals surface area contributed by atoms with Crippen molar-refractivity contribution >= 4 is 8.32 Å². The number of aliphatic hydroxyl groups excluding tert-OH is 1. The van der Waals surface area contributed by atoms with Crippen LogP contribution >= 0.6 is 0 Å². The largest absolute Gasteiger partial charge is 0.413 e. The zero-order valence-electron chi connectivity index (χ0n) is 12.7. The van der Waals surface area contributed by atoms with Crippen LogP contribution in [0.2, 0.25) is 18.1 Å². The summed E-state index contributed by atoms with van der Waals surface area (Å²) in [5.41, 5.74) is 0.908. The average Bonchev–Trinajstić information content (AvgIpc) is 2.34. The summed E-state index contributed by atoms with van der Waals surface area (Å²) in [5, 5.41) is 10.2. The van der Waals surface area contributed by atoms with Gasteiger partial charge in [-0.15, -0.1) is 0 Å². The molecule has 1 unspecified atom stereocenters. The number of hydrogen-bond acceptors (Lipinski definition) is 2. The van der Waals surface area contributed by atoms with E-state index >= 15 is 0 Å². The molecule has 0 aliphatic carbocycles. The Morgan fingerprint density at radius 2 is 1.79 bits per heavy atom. The lowest BCUT2D eigenvalue weighted by Gasteiger charge is -2.35. The number of aliphatic hydroxyl groups is 1. The van der Waals surface area contributed by atoms with Crippen molar-refractivity contribution in [3.63, 3.8) is 0 Å². The van der Waals surface area contributed by atoms with Crippen molar-refractivity contribution in [1.82, 2.24) is 0 Å². The molecule has 0 amide bonds. The topological polar surface area (TPSA) is 29.5 Å². The Hall–Kier alpha value is -0.903. The third-order valence-electron chi connectivity index (χ3n) is 3.81. The maximum Gasteiger partial charge on any atom is 0.192 e. The van der Waals surface area contributed by atoms with Gasteiger partial charge in [-0.25, -0.2) is 0 Å². The fraction of sp³-hybridized carbons (Fsp3) is 0.500. The molecule has 0 spiro atoms. The minimum absolute atomic E-state index is 0.221. The van der Waals surface area contributed by atoms with E-state index in [0.717, 1.165) is 5.56 Å². The lowest BCUT2D eigenvalue weighted by atomic mass is 10.1. The Morgan fingerprint density at radius 1 is 1.21 bits per heavy atom. The summed E-state index contributed by atoms with van der Waals surface area (Å²) < 4.78 is 6.02. The van der Waals surface area contributed by atoms with Crippen LogP contribution in [0.15, 0.2) is 42.5 Å². The highest BCUT2D eigenvalue weighted by atomic mass is 28.4. The number of benzene rings is 1. The maximum atomic E-state index is 9.98. The van der Waals surface area contributed by atoms with Crippen molar-refractivity contribution in [1.29, 1.82) is 0 Å². The second-order valence-corrected chi connectivity index (χ2v) is 11.2. The first kappa shape index (κ1) is 16.2. The van der Waals surface area contributed by atoms with Gasteiger partial charge in [-0.05, 0) is 23.7 Å². The van der Waals surface area contributed by atoms with E-state index in [9.17, 15) is 5.11 Å². The van der Waals surface area contributed by atoms with Gasteiger partial charge < -0.3 is 9.53 Å². The van der Waals surface area contributed by atoms with Crippen molar-refractivity contribution in [2.75, 3.05) is 6.61 Å². The molecule has 3 heteroatoms.